The topological polar surface area (TPSA) is 111 Å². The molecule has 2 amide bonds. The Kier molecular flexibility index (Phi) is 8.25. The second-order valence-electron chi connectivity index (χ2n) is 10.3. The fraction of sp³-hybridized carbons (Fsp3) is 0.840. The van der Waals surface area contributed by atoms with Gasteiger partial charge in [0.1, 0.15) is 23.4 Å². The van der Waals surface area contributed by atoms with Crippen LogP contribution < -0.4 is 5.32 Å². The zero-order valence-electron chi connectivity index (χ0n) is 21.4. The van der Waals surface area contributed by atoms with Crippen LogP contribution in [-0.2, 0) is 28.4 Å². The number of morpholine rings is 1. The van der Waals surface area contributed by atoms with Crippen molar-refractivity contribution in [2.75, 3.05) is 53.2 Å². The van der Waals surface area contributed by atoms with Crippen molar-refractivity contribution in [3.63, 3.8) is 0 Å². The van der Waals surface area contributed by atoms with Gasteiger partial charge in [-0.3, -0.25) is 0 Å². The van der Waals surface area contributed by atoms with E-state index in [0.717, 1.165) is 12.8 Å². The minimum Gasteiger partial charge on any atom is -0.449 e. The number of allylic oxidation sites excluding steroid dienone is 1. The first-order chi connectivity index (χ1) is 16.8. The van der Waals surface area contributed by atoms with Crippen LogP contribution in [0.4, 0.5) is 9.59 Å². The van der Waals surface area contributed by atoms with Gasteiger partial charge in [0.2, 0.25) is 0 Å². The molecule has 1 aliphatic carbocycles. The molecule has 198 valence electrons. The second kappa shape index (κ2) is 11.0. The number of hydrogen-bond donors (Lipinski definition) is 1. The molecule has 1 spiro atoms. The molecule has 4 rings (SSSR count). The smallest absolute Gasteiger partial charge is 0.409 e. The SMILES string of the molecule is COC1C(OC(=O)NCCCOC(=O)N2CCOCC2)CCC2(CO2)C1C1(C)OC1CC=C(C)C. The zero-order valence-corrected chi connectivity index (χ0v) is 21.4. The van der Waals surface area contributed by atoms with Crippen LogP contribution in [0.3, 0.4) is 0 Å². The molecule has 0 aromatic rings. The van der Waals surface area contributed by atoms with Gasteiger partial charge >= 0.3 is 12.2 Å². The highest BCUT2D eigenvalue weighted by atomic mass is 16.6. The molecule has 10 nitrogen and oxygen atoms in total. The van der Waals surface area contributed by atoms with Gasteiger partial charge in [-0.15, -0.1) is 0 Å². The van der Waals surface area contributed by atoms with Gasteiger partial charge in [-0.25, -0.2) is 9.59 Å². The molecule has 3 saturated heterocycles. The van der Waals surface area contributed by atoms with Crippen molar-refractivity contribution < 1.29 is 38.0 Å². The van der Waals surface area contributed by atoms with Gasteiger partial charge in [0, 0.05) is 26.7 Å². The van der Waals surface area contributed by atoms with Gasteiger partial charge in [0.25, 0.3) is 0 Å². The summed E-state index contributed by atoms with van der Waals surface area (Å²) >= 11 is 0. The Morgan fingerprint density at radius 1 is 1.23 bits per heavy atom. The number of ether oxygens (including phenoxy) is 6. The molecule has 10 heteroatoms. The third-order valence-corrected chi connectivity index (χ3v) is 7.58. The van der Waals surface area contributed by atoms with E-state index in [0.29, 0.717) is 52.3 Å². The molecule has 4 aliphatic rings. The molecular formula is C25H40N2O8. The van der Waals surface area contributed by atoms with Crippen molar-refractivity contribution in [2.45, 2.75) is 76.0 Å². The molecule has 3 heterocycles. The molecule has 0 radical (unpaired) electrons. The maximum atomic E-state index is 12.5. The number of nitrogens with zero attached hydrogens (tertiary/aromatic N) is 1. The van der Waals surface area contributed by atoms with Crippen LogP contribution in [0.1, 0.15) is 46.5 Å². The van der Waals surface area contributed by atoms with E-state index in [-0.39, 0.29) is 48.1 Å². The van der Waals surface area contributed by atoms with Crippen LogP contribution in [-0.4, -0.2) is 99.8 Å². The quantitative estimate of drug-likeness (QED) is 0.295. The fourth-order valence-electron chi connectivity index (χ4n) is 5.51. The van der Waals surface area contributed by atoms with E-state index in [2.05, 4.69) is 32.2 Å². The minimum atomic E-state index is -0.495. The lowest BCUT2D eigenvalue weighted by Gasteiger charge is -2.42. The summed E-state index contributed by atoms with van der Waals surface area (Å²) in [6, 6.07) is 0. The summed E-state index contributed by atoms with van der Waals surface area (Å²) in [6.07, 6.45) is 3.60. The molecule has 0 aromatic carbocycles. The largest absolute Gasteiger partial charge is 0.449 e. The van der Waals surface area contributed by atoms with Crippen LogP contribution in [0.2, 0.25) is 0 Å². The Balaban J connectivity index is 1.23. The molecule has 6 atom stereocenters. The standard InChI is InChI=1S/C25H40N2O8/c1-17(2)6-7-19-24(3,35-19)21-20(30-4)18(8-9-25(21)16-33-25)34-22(28)26-10-5-13-32-23(29)27-11-14-31-15-12-27/h6,18-21H,5,7-16H2,1-4H3,(H,26,28). The minimum absolute atomic E-state index is 0.0123. The van der Waals surface area contributed by atoms with Crippen LogP contribution in [0.25, 0.3) is 0 Å². The predicted octanol–water partition coefficient (Wildman–Crippen LogP) is 2.65. The predicted molar refractivity (Wildman–Crippen MR) is 126 cm³/mol. The van der Waals surface area contributed by atoms with Gasteiger partial charge < -0.3 is 38.6 Å². The van der Waals surface area contributed by atoms with Gasteiger partial charge in [0.05, 0.1) is 38.4 Å². The van der Waals surface area contributed by atoms with E-state index in [1.807, 2.05) is 0 Å². The van der Waals surface area contributed by atoms with E-state index in [1.165, 1.54) is 5.57 Å². The lowest BCUT2D eigenvalue weighted by Crippen LogP contribution is -2.56. The summed E-state index contributed by atoms with van der Waals surface area (Å²) in [6.45, 7) is 9.69. The number of amides is 2. The number of alkyl carbamates (subject to hydrolysis) is 1. The van der Waals surface area contributed by atoms with Gasteiger partial charge in [0.15, 0.2) is 0 Å². The molecule has 35 heavy (non-hydrogen) atoms. The third kappa shape index (κ3) is 6.10. The number of epoxide rings is 2. The summed E-state index contributed by atoms with van der Waals surface area (Å²) in [5, 5.41) is 2.76. The highest BCUT2D eigenvalue weighted by molar-refractivity contribution is 5.68. The Morgan fingerprint density at radius 3 is 2.63 bits per heavy atom. The van der Waals surface area contributed by atoms with Crippen molar-refractivity contribution in [2.24, 2.45) is 5.92 Å². The molecule has 3 aliphatic heterocycles. The lowest BCUT2D eigenvalue weighted by molar-refractivity contribution is -0.118. The summed E-state index contributed by atoms with van der Waals surface area (Å²) in [5.74, 6) is -0.0123. The molecular weight excluding hydrogens is 456 g/mol. The summed E-state index contributed by atoms with van der Waals surface area (Å²) in [5.41, 5.74) is 0.642. The number of carbonyl (C=O) groups is 2. The lowest BCUT2D eigenvalue weighted by atomic mass is 9.68. The molecule has 0 bridgehead atoms. The van der Waals surface area contributed by atoms with Crippen molar-refractivity contribution in [3.05, 3.63) is 11.6 Å². The highest BCUT2D eigenvalue weighted by Gasteiger charge is 2.72. The van der Waals surface area contributed by atoms with Crippen LogP contribution in [0, 0.1) is 5.92 Å². The number of rotatable bonds is 9. The summed E-state index contributed by atoms with van der Waals surface area (Å²) < 4.78 is 34.3. The van der Waals surface area contributed by atoms with Gasteiger partial charge in [-0.1, -0.05) is 11.6 Å². The van der Waals surface area contributed by atoms with Crippen LogP contribution in [0.5, 0.6) is 0 Å². The Hall–Kier alpha value is -1.88. The third-order valence-electron chi connectivity index (χ3n) is 7.58. The Labute approximate surface area is 207 Å². The maximum Gasteiger partial charge on any atom is 0.409 e. The Bertz CT molecular complexity index is 790. The van der Waals surface area contributed by atoms with E-state index < -0.39 is 6.09 Å². The zero-order chi connectivity index (χ0) is 25.1. The summed E-state index contributed by atoms with van der Waals surface area (Å²) in [7, 11) is 1.66. The first-order valence-corrected chi connectivity index (χ1v) is 12.7. The maximum absolute atomic E-state index is 12.5. The number of carbonyl (C=O) groups excluding carboxylic acids is 2. The van der Waals surface area contributed by atoms with E-state index in [1.54, 1.807) is 12.0 Å². The van der Waals surface area contributed by atoms with Crippen molar-refractivity contribution >= 4 is 12.2 Å². The van der Waals surface area contributed by atoms with E-state index in [9.17, 15) is 9.59 Å². The molecule has 0 aromatic heterocycles. The fourth-order valence-corrected chi connectivity index (χ4v) is 5.51. The first kappa shape index (κ1) is 26.2. The average molecular weight is 497 g/mol. The van der Waals surface area contributed by atoms with Crippen molar-refractivity contribution in [3.8, 4) is 0 Å². The molecule has 4 fully saturated rings. The van der Waals surface area contributed by atoms with Crippen molar-refractivity contribution in [1.82, 2.24) is 10.2 Å². The van der Waals surface area contributed by atoms with Crippen LogP contribution >= 0.6 is 0 Å². The number of nitrogens with one attached hydrogen (secondary N) is 1. The molecule has 1 saturated carbocycles. The Morgan fingerprint density at radius 2 is 1.97 bits per heavy atom. The normalized spacial score (nSPS) is 35.8. The van der Waals surface area contributed by atoms with Gasteiger partial charge in [-0.05, 0) is 46.5 Å². The monoisotopic (exact) mass is 496 g/mol. The van der Waals surface area contributed by atoms with Gasteiger partial charge in [-0.2, -0.15) is 0 Å². The van der Waals surface area contributed by atoms with Crippen molar-refractivity contribution in [1.29, 1.82) is 0 Å². The van der Waals surface area contributed by atoms with Crippen LogP contribution in [0.15, 0.2) is 11.6 Å². The first-order valence-electron chi connectivity index (χ1n) is 12.7. The highest BCUT2D eigenvalue weighted by Crippen LogP contribution is 2.59. The second-order valence-corrected chi connectivity index (χ2v) is 10.3. The van der Waals surface area contributed by atoms with E-state index in [4.69, 9.17) is 28.4 Å². The number of methoxy groups -OCH3 is 1. The summed E-state index contributed by atoms with van der Waals surface area (Å²) in [4.78, 5) is 26.1. The number of hydrogen-bond acceptors (Lipinski definition) is 8. The molecule has 6 unspecified atom stereocenters. The molecule has 1 N–H and O–H groups in total. The van der Waals surface area contributed by atoms with E-state index >= 15 is 0 Å². The average Bonchev–Trinajstić information content (AvgIpc) is 3.76.